The smallest absolute Gasteiger partial charge is 0.175 e. The lowest BCUT2D eigenvalue weighted by Crippen LogP contribution is -1.99. The predicted octanol–water partition coefficient (Wildman–Crippen LogP) is 2.25. The van der Waals surface area contributed by atoms with Crippen LogP contribution in [0.15, 0.2) is 23.1 Å². The molecular weight excluding hydrogens is 260 g/mol. The summed E-state index contributed by atoms with van der Waals surface area (Å²) in [5.41, 5.74) is 0.661. The fourth-order valence-electron chi connectivity index (χ4n) is 1.50. The minimum Gasteiger partial charge on any atom is -0.233 e. The van der Waals surface area contributed by atoms with Crippen LogP contribution in [0.5, 0.6) is 0 Å². The molecule has 0 atom stereocenters. The minimum atomic E-state index is -3.24. The lowest BCUT2D eigenvalue weighted by Gasteiger charge is -2.04. The molecule has 1 heterocycles. The van der Waals surface area contributed by atoms with Gasteiger partial charge in [-0.3, -0.25) is 0 Å². The molecule has 0 unspecified atom stereocenters. The van der Waals surface area contributed by atoms with Gasteiger partial charge in [0.05, 0.1) is 10.4 Å². The lowest BCUT2D eigenvalue weighted by molar-refractivity contribution is 0.602. The van der Waals surface area contributed by atoms with Gasteiger partial charge in [-0.15, -0.1) is 0 Å². The number of rotatable bonds is 2. The number of sulfone groups is 1. The van der Waals surface area contributed by atoms with Gasteiger partial charge >= 0.3 is 0 Å². The molecular formula is C11H11ClN2O2S. The average molecular weight is 271 g/mol. The van der Waals surface area contributed by atoms with E-state index in [-0.39, 0.29) is 10.0 Å². The van der Waals surface area contributed by atoms with E-state index in [9.17, 15) is 8.42 Å². The Morgan fingerprint density at radius 3 is 2.59 bits per heavy atom. The van der Waals surface area contributed by atoms with E-state index in [1.807, 2.05) is 6.92 Å². The fraction of sp³-hybridized carbons (Fsp3) is 0.273. The Bertz CT molecular complexity index is 683. The zero-order valence-electron chi connectivity index (χ0n) is 9.44. The van der Waals surface area contributed by atoms with Crippen LogP contribution in [0.4, 0.5) is 0 Å². The first-order valence-electron chi connectivity index (χ1n) is 5.08. The lowest BCUT2D eigenvalue weighted by atomic mass is 10.2. The van der Waals surface area contributed by atoms with Crippen molar-refractivity contribution in [2.75, 3.05) is 6.26 Å². The Labute approximate surface area is 105 Å². The summed E-state index contributed by atoms with van der Waals surface area (Å²) >= 11 is 6.02. The van der Waals surface area contributed by atoms with Crippen LogP contribution in [0.25, 0.3) is 10.9 Å². The summed E-state index contributed by atoms with van der Waals surface area (Å²) in [4.78, 5) is 8.61. The standard InChI is InChI=1S/C11H11ClN2O2S/c1-3-10-13-9-5-4-7(17(2,15)16)6-8(9)11(12)14-10/h4-6H,3H2,1-2H3. The normalized spacial score (nSPS) is 11.9. The third kappa shape index (κ3) is 2.40. The summed E-state index contributed by atoms with van der Waals surface area (Å²) in [6.45, 7) is 1.93. The summed E-state index contributed by atoms with van der Waals surface area (Å²) in [5.74, 6) is 0.648. The van der Waals surface area contributed by atoms with E-state index in [0.29, 0.717) is 23.1 Å². The van der Waals surface area contributed by atoms with E-state index in [1.54, 1.807) is 6.07 Å². The molecule has 0 spiro atoms. The molecule has 4 nitrogen and oxygen atoms in total. The van der Waals surface area contributed by atoms with Gasteiger partial charge in [0, 0.05) is 18.1 Å². The maximum atomic E-state index is 11.4. The molecule has 17 heavy (non-hydrogen) atoms. The second-order valence-electron chi connectivity index (χ2n) is 3.74. The van der Waals surface area contributed by atoms with E-state index >= 15 is 0 Å². The van der Waals surface area contributed by atoms with Crippen molar-refractivity contribution in [2.45, 2.75) is 18.2 Å². The highest BCUT2D eigenvalue weighted by Gasteiger charge is 2.11. The van der Waals surface area contributed by atoms with Crippen molar-refractivity contribution in [3.8, 4) is 0 Å². The topological polar surface area (TPSA) is 59.9 Å². The largest absolute Gasteiger partial charge is 0.233 e. The van der Waals surface area contributed by atoms with E-state index in [4.69, 9.17) is 11.6 Å². The highest BCUT2D eigenvalue weighted by Crippen LogP contribution is 2.23. The van der Waals surface area contributed by atoms with E-state index < -0.39 is 9.84 Å². The van der Waals surface area contributed by atoms with Crippen molar-refractivity contribution in [1.82, 2.24) is 9.97 Å². The molecule has 0 N–H and O–H groups in total. The molecule has 1 aromatic carbocycles. The highest BCUT2D eigenvalue weighted by molar-refractivity contribution is 7.90. The number of aromatic nitrogens is 2. The monoisotopic (exact) mass is 270 g/mol. The van der Waals surface area contributed by atoms with Crippen molar-refractivity contribution in [3.05, 3.63) is 29.2 Å². The first-order valence-corrected chi connectivity index (χ1v) is 7.35. The first-order chi connectivity index (χ1) is 7.91. The van der Waals surface area contributed by atoms with Crippen LogP contribution < -0.4 is 0 Å². The number of aryl methyl sites for hydroxylation is 1. The summed E-state index contributed by atoms with van der Waals surface area (Å²) in [5, 5.41) is 0.851. The molecule has 1 aromatic heterocycles. The van der Waals surface area contributed by atoms with E-state index in [1.165, 1.54) is 12.1 Å². The van der Waals surface area contributed by atoms with Gasteiger partial charge in [-0.25, -0.2) is 18.4 Å². The Kier molecular flexibility index (Phi) is 3.05. The second kappa shape index (κ2) is 4.23. The molecule has 6 heteroatoms. The van der Waals surface area contributed by atoms with Crippen LogP contribution in [0.2, 0.25) is 5.15 Å². The van der Waals surface area contributed by atoms with Crippen molar-refractivity contribution >= 4 is 32.3 Å². The van der Waals surface area contributed by atoms with Crippen LogP contribution in [0, 0.1) is 0 Å². The van der Waals surface area contributed by atoms with Crippen molar-refractivity contribution in [3.63, 3.8) is 0 Å². The van der Waals surface area contributed by atoms with Crippen LogP contribution in [0.1, 0.15) is 12.7 Å². The van der Waals surface area contributed by atoms with E-state index in [0.717, 1.165) is 6.26 Å². The van der Waals surface area contributed by atoms with Crippen LogP contribution >= 0.6 is 11.6 Å². The number of hydrogen-bond acceptors (Lipinski definition) is 4. The SMILES string of the molecule is CCc1nc(Cl)c2cc(S(C)(=O)=O)ccc2n1. The van der Waals surface area contributed by atoms with Crippen LogP contribution in [0.3, 0.4) is 0 Å². The quantitative estimate of drug-likeness (QED) is 0.786. The summed E-state index contributed by atoms with van der Waals surface area (Å²) in [6.07, 6.45) is 1.84. The number of hydrogen-bond donors (Lipinski definition) is 0. The molecule has 0 aliphatic carbocycles. The van der Waals surface area contributed by atoms with Gasteiger partial charge in [-0.1, -0.05) is 18.5 Å². The van der Waals surface area contributed by atoms with Gasteiger partial charge in [0.25, 0.3) is 0 Å². The Morgan fingerprint density at radius 2 is 2.00 bits per heavy atom. The third-order valence-corrected chi connectivity index (χ3v) is 3.81. The molecule has 0 saturated heterocycles. The maximum Gasteiger partial charge on any atom is 0.175 e. The number of fused-ring (bicyclic) bond motifs is 1. The van der Waals surface area contributed by atoms with Crippen LogP contribution in [-0.4, -0.2) is 24.6 Å². The molecule has 0 radical (unpaired) electrons. The Balaban J connectivity index is 2.75. The number of nitrogens with zero attached hydrogens (tertiary/aromatic N) is 2. The van der Waals surface area contributed by atoms with Crippen molar-refractivity contribution in [2.24, 2.45) is 0 Å². The fourth-order valence-corrected chi connectivity index (χ4v) is 2.40. The molecule has 0 aliphatic rings. The Hall–Kier alpha value is -1.20. The molecule has 0 aliphatic heterocycles. The zero-order chi connectivity index (χ0) is 12.6. The average Bonchev–Trinajstić information content (AvgIpc) is 2.27. The van der Waals surface area contributed by atoms with Gasteiger partial charge in [-0.05, 0) is 18.2 Å². The molecule has 0 fully saturated rings. The van der Waals surface area contributed by atoms with Crippen molar-refractivity contribution < 1.29 is 8.42 Å². The van der Waals surface area contributed by atoms with Crippen LogP contribution in [-0.2, 0) is 16.3 Å². The number of halogens is 1. The maximum absolute atomic E-state index is 11.4. The minimum absolute atomic E-state index is 0.222. The molecule has 0 bridgehead atoms. The number of benzene rings is 1. The summed E-state index contributed by atoms with van der Waals surface area (Å²) in [7, 11) is -3.24. The molecule has 90 valence electrons. The predicted molar refractivity (Wildman–Crippen MR) is 67.0 cm³/mol. The zero-order valence-corrected chi connectivity index (χ0v) is 11.0. The molecule has 2 rings (SSSR count). The van der Waals surface area contributed by atoms with Gasteiger partial charge in [-0.2, -0.15) is 0 Å². The Morgan fingerprint density at radius 1 is 1.29 bits per heavy atom. The third-order valence-electron chi connectivity index (χ3n) is 2.41. The molecule has 0 saturated carbocycles. The first kappa shape index (κ1) is 12.3. The van der Waals surface area contributed by atoms with Gasteiger partial charge < -0.3 is 0 Å². The van der Waals surface area contributed by atoms with Gasteiger partial charge in [0.2, 0.25) is 0 Å². The van der Waals surface area contributed by atoms with E-state index in [2.05, 4.69) is 9.97 Å². The molecule has 2 aromatic rings. The second-order valence-corrected chi connectivity index (χ2v) is 6.11. The molecule has 0 amide bonds. The summed E-state index contributed by atoms with van der Waals surface area (Å²) < 4.78 is 22.9. The highest BCUT2D eigenvalue weighted by atomic mass is 35.5. The van der Waals surface area contributed by atoms with Crippen molar-refractivity contribution in [1.29, 1.82) is 0 Å². The van der Waals surface area contributed by atoms with Gasteiger partial charge in [0.15, 0.2) is 9.84 Å². The van der Waals surface area contributed by atoms with Gasteiger partial charge in [0.1, 0.15) is 11.0 Å². The summed E-state index contributed by atoms with van der Waals surface area (Å²) in [6, 6.07) is 4.69.